The number of hydrogen-bond donors (Lipinski definition) is 1. The van der Waals surface area contributed by atoms with Gasteiger partial charge in [-0.2, -0.15) is 0 Å². The molecule has 0 radical (unpaired) electrons. The first-order valence-corrected chi connectivity index (χ1v) is 11.2. The molecule has 0 bridgehead atoms. The zero-order chi connectivity index (χ0) is 21.5. The molecule has 2 heterocycles. The Hall–Kier alpha value is -2.16. The Morgan fingerprint density at radius 2 is 1.87 bits per heavy atom. The standard InChI is InChI=1S/C22H31N5O2S/c1-16-17(2)24-22(25-20(16)26(3)4)30-15-18-5-7-19(8-6-18)21(28)23-9-10-27-11-13-29-14-12-27/h5-8H,9-15H2,1-4H3,(H,23,28). The normalized spacial score (nSPS) is 14.5. The number of carbonyl (C=O) groups is 1. The predicted octanol–water partition coefficient (Wildman–Crippen LogP) is 2.51. The number of aryl methyl sites for hydroxylation is 1. The van der Waals surface area contributed by atoms with Crippen LogP contribution in [0.2, 0.25) is 0 Å². The summed E-state index contributed by atoms with van der Waals surface area (Å²) in [5, 5.41) is 3.77. The van der Waals surface area contributed by atoms with Gasteiger partial charge in [-0.05, 0) is 31.5 Å². The number of anilines is 1. The van der Waals surface area contributed by atoms with Crippen molar-refractivity contribution in [3.63, 3.8) is 0 Å². The van der Waals surface area contributed by atoms with E-state index in [2.05, 4.69) is 20.2 Å². The van der Waals surface area contributed by atoms with Crippen LogP contribution in [0.3, 0.4) is 0 Å². The van der Waals surface area contributed by atoms with Crippen molar-refractivity contribution in [2.45, 2.75) is 24.8 Å². The molecule has 0 atom stereocenters. The zero-order valence-electron chi connectivity index (χ0n) is 18.3. The van der Waals surface area contributed by atoms with Gasteiger partial charge in [0.05, 0.1) is 13.2 Å². The summed E-state index contributed by atoms with van der Waals surface area (Å²) in [4.78, 5) is 25.9. The first kappa shape index (κ1) is 22.5. The van der Waals surface area contributed by atoms with Crippen LogP contribution in [-0.4, -0.2) is 74.3 Å². The summed E-state index contributed by atoms with van der Waals surface area (Å²) < 4.78 is 5.34. The Morgan fingerprint density at radius 3 is 2.53 bits per heavy atom. The third-order valence-corrected chi connectivity index (χ3v) is 6.09. The fourth-order valence-electron chi connectivity index (χ4n) is 3.24. The van der Waals surface area contributed by atoms with E-state index < -0.39 is 0 Å². The molecule has 8 heteroatoms. The topological polar surface area (TPSA) is 70.6 Å². The third kappa shape index (κ3) is 6.17. The number of nitrogens with one attached hydrogen (secondary N) is 1. The molecule has 1 saturated heterocycles. The van der Waals surface area contributed by atoms with Crippen LogP contribution in [0.1, 0.15) is 27.2 Å². The molecule has 0 aliphatic carbocycles. The number of thioether (sulfide) groups is 1. The molecule has 0 saturated carbocycles. The Bertz CT molecular complexity index is 851. The molecule has 1 fully saturated rings. The minimum absolute atomic E-state index is 0.0319. The van der Waals surface area contributed by atoms with E-state index >= 15 is 0 Å². The van der Waals surface area contributed by atoms with Crippen molar-refractivity contribution in [3.05, 3.63) is 46.6 Å². The molecule has 1 N–H and O–H groups in total. The summed E-state index contributed by atoms with van der Waals surface area (Å²) in [5.41, 5.74) is 3.93. The van der Waals surface area contributed by atoms with Crippen LogP contribution in [0.4, 0.5) is 5.82 Å². The second-order valence-corrected chi connectivity index (χ2v) is 8.57. The first-order valence-electron chi connectivity index (χ1n) is 10.3. The van der Waals surface area contributed by atoms with Crippen molar-refractivity contribution >= 4 is 23.5 Å². The number of hydrogen-bond acceptors (Lipinski definition) is 7. The van der Waals surface area contributed by atoms with Crippen LogP contribution in [0, 0.1) is 13.8 Å². The fourth-order valence-corrected chi connectivity index (χ4v) is 4.08. The molecule has 1 aromatic carbocycles. The predicted molar refractivity (Wildman–Crippen MR) is 121 cm³/mol. The van der Waals surface area contributed by atoms with Crippen LogP contribution in [0.5, 0.6) is 0 Å². The van der Waals surface area contributed by atoms with Gasteiger partial charge < -0.3 is 15.0 Å². The van der Waals surface area contributed by atoms with Gasteiger partial charge >= 0.3 is 0 Å². The van der Waals surface area contributed by atoms with Crippen LogP contribution in [-0.2, 0) is 10.5 Å². The number of morpholine rings is 1. The highest BCUT2D eigenvalue weighted by atomic mass is 32.2. The second kappa shape index (κ2) is 10.7. The van der Waals surface area contributed by atoms with Crippen molar-refractivity contribution < 1.29 is 9.53 Å². The number of rotatable bonds is 8. The molecule has 1 aromatic heterocycles. The van der Waals surface area contributed by atoms with E-state index in [1.165, 1.54) is 0 Å². The summed E-state index contributed by atoms with van der Waals surface area (Å²) in [6, 6.07) is 7.76. The van der Waals surface area contributed by atoms with Gasteiger partial charge in [0, 0.05) is 62.8 Å². The summed E-state index contributed by atoms with van der Waals surface area (Å²) in [6.07, 6.45) is 0. The maximum Gasteiger partial charge on any atom is 0.251 e. The average Bonchev–Trinajstić information content (AvgIpc) is 2.75. The largest absolute Gasteiger partial charge is 0.379 e. The van der Waals surface area contributed by atoms with Gasteiger partial charge in [0.2, 0.25) is 0 Å². The molecule has 0 unspecified atom stereocenters. The van der Waals surface area contributed by atoms with Crippen LogP contribution in [0.25, 0.3) is 0 Å². The van der Waals surface area contributed by atoms with E-state index in [1.807, 2.05) is 57.1 Å². The summed E-state index contributed by atoms with van der Waals surface area (Å²) in [6.45, 7) is 8.98. The van der Waals surface area contributed by atoms with E-state index in [1.54, 1.807) is 11.8 Å². The second-order valence-electron chi connectivity index (χ2n) is 7.63. The Morgan fingerprint density at radius 1 is 1.17 bits per heavy atom. The van der Waals surface area contributed by atoms with Crippen LogP contribution >= 0.6 is 11.8 Å². The van der Waals surface area contributed by atoms with E-state index in [9.17, 15) is 4.79 Å². The lowest BCUT2D eigenvalue weighted by atomic mass is 10.1. The van der Waals surface area contributed by atoms with Crippen LogP contribution < -0.4 is 10.2 Å². The van der Waals surface area contributed by atoms with Crippen molar-refractivity contribution in [3.8, 4) is 0 Å². The molecule has 0 spiro atoms. The van der Waals surface area contributed by atoms with E-state index in [-0.39, 0.29) is 5.91 Å². The van der Waals surface area contributed by atoms with Crippen molar-refractivity contribution in [2.24, 2.45) is 0 Å². The molecule has 1 amide bonds. The Kier molecular flexibility index (Phi) is 8.07. The van der Waals surface area contributed by atoms with Gasteiger partial charge in [-0.3, -0.25) is 9.69 Å². The fraction of sp³-hybridized carbons (Fsp3) is 0.500. The number of aromatic nitrogens is 2. The number of carbonyl (C=O) groups excluding carboxylic acids is 1. The van der Waals surface area contributed by atoms with E-state index in [0.717, 1.165) is 66.4 Å². The molecule has 30 heavy (non-hydrogen) atoms. The monoisotopic (exact) mass is 429 g/mol. The summed E-state index contributed by atoms with van der Waals surface area (Å²) in [7, 11) is 3.99. The SMILES string of the molecule is Cc1nc(SCc2ccc(C(=O)NCCN3CCOCC3)cc2)nc(N(C)C)c1C. The van der Waals surface area contributed by atoms with Crippen LogP contribution in [0.15, 0.2) is 29.4 Å². The Labute approximate surface area is 183 Å². The molecule has 1 aliphatic rings. The van der Waals surface area contributed by atoms with Gasteiger partial charge in [-0.25, -0.2) is 9.97 Å². The van der Waals surface area contributed by atoms with Crippen molar-refractivity contribution in [1.82, 2.24) is 20.2 Å². The van der Waals surface area contributed by atoms with Crippen molar-refractivity contribution in [2.75, 3.05) is 58.4 Å². The molecular weight excluding hydrogens is 398 g/mol. The minimum Gasteiger partial charge on any atom is -0.379 e. The maximum absolute atomic E-state index is 12.4. The van der Waals surface area contributed by atoms with Gasteiger partial charge in [0.15, 0.2) is 5.16 Å². The molecule has 1 aliphatic heterocycles. The number of nitrogens with zero attached hydrogens (tertiary/aromatic N) is 4. The minimum atomic E-state index is -0.0319. The van der Waals surface area contributed by atoms with E-state index in [0.29, 0.717) is 12.1 Å². The van der Waals surface area contributed by atoms with Crippen molar-refractivity contribution in [1.29, 1.82) is 0 Å². The smallest absolute Gasteiger partial charge is 0.251 e. The van der Waals surface area contributed by atoms with E-state index in [4.69, 9.17) is 4.74 Å². The first-order chi connectivity index (χ1) is 14.4. The lowest BCUT2D eigenvalue weighted by molar-refractivity contribution is 0.0383. The molecule has 162 valence electrons. The number of amides is 1. The summed E-state index contributed by atoms with van der Waals surface area (Å²) >= 11 is 1.61. The van der Waals surface area contributed by atoms with Gasteiger partial charge in [-0.15, -0.1) is 0 Å². The maximum atomic E-state index is 12.4. The quantitative estimate of drug-likeness (QED) is 0.511. The highest BCUT2D eigenvalue weighted by molar-refractivity contribution is 7.98. The molecule has 3 rings (SSSR count). The van der Waals surface area contributed by atoms with Gasteiger partial charge in [0.25, 0.3) is 5.91 Å². The summed E-state index contributed by atoms with van der Waals surface area (Å²) in [5.74, 6) is 1.68. The van der Waals surface area contributed by atoms with Gasteiger partial charge in [0.1, 0.15) is 5.82 Å². The zero-order valence-corrected chi connectivity index (χ0v) is 19.1. The molecule has 2 aromatic rings. The highest BCUT2D eigenvalue weighted by Gasteiger charge is 2.12. The molecular formula is C22H31N5O2S. The van der Waals surface area contributed by atoms with Gasteiger partial charge in [-0.1, -0.05) is 23.9 Å². The number of ether oxygens (including phenoxy) is 1. The third-order valence-electron chi connectivity index (χ3n) is 5.17. The average molecular weight is 430 g/mol. The Balaban J connectivity index is 1.50. The lowest BCUT2D eigenvalue weighted by Gasteiger charge is -2.26. The lowest BCUT2D eigenvalue weighted by Crippen LogP contribution is -2.41. The molecule has 7 nitrogen and oxygen atoms in total. The highest BCUT2D eigenvalue weighted by Crippen LogP contribution is 2.25. The number of benzene rings is 1.